The highest BCUT2D eigenvalue weighted by atomic mass is 16.4. The Kier molecular flexibility index (Phi) is 23.3. The van der Waals surface area contributed by atoms with Crippen LogP contribution >= 0.6 is 0 Å². The van der Waals surface area contributed by atoms with E-state index in [-0.39, 0.29) is 44.8 Å². The van der Waals surface area contributed by atoms with Crippen molar-refractivity contribution in [2.24, 2.45) is 17.4 Å². The quantitative estimate of drug-likeness (QED) is 0.0834. The summed E-state index contributed by atoms with van der Waals surface area (Å²) in [7, 11) is 0. The number of nitrogens with two attached hydrogens (primary N) is 2. The molecule has 2 aromatic rings. The molecule has 2 aromatic carbocycles. The Labute approximate surface area is 316 Å². The van der Waals surface area contributed by atoms with E-state index in [1.54, 1.807) is 0 Å². The molecular formula is C40H65N7O6. The number of carbonyl (C=O) groups excluding carboxylic acids is 4. The predicted molar refractivity (Wildman–Crippen MR) is 210 cm³/mol. The molecule has 0 bridgehead atoms. The van der Waals surface area contributed by atoms with Crippen LogP contribution in [0.25, 0.3) is 0 Å². The van der Waals surface area contributed by atoms with Gasteiger partial charge in [-0.2, -0.15) is 0 Å². The van der Waals surface area contributed by atoms with Crippen molar-refractivity contribution in [1.82, 2.24) is 26.2 Å². The third kappa shape index (κ3) is 18.8. The van der Waals surface area contributed by atoms with Crippen LogP contribution in [0.2, 0.25) is 0 Å². The fourth-order valence-corrected chi connectivity index (χ4v) is 5.55. The first kappa shape index (κ1) is 46.7. The molecule has 9 N–H and O–H groups in total. The normalized spacial score (nSPS) is 14.9. The maximum absolute atomic E-state index is 13.1. The number of rotatable bonds is 19. The van der Waals surface area contributed by atoms with E-state index >= 15 is 0 Å². The zero-order valence-corrected chi connectivity index (χ0v) is 32.4. The van der Waals surface area contributed by atoms with Crippen LogP contribution in [0.3, 0.4) is 0 Å². The van der Waals surface area contributed by atoms with Crippen LogP contribution in [-0.4, -0.2) is 97.0 Å². The number of carboxylic acids is 1. The SMILES string of the molecule is CC(C)C.CCNCC(CC)c1ccccc1.NCCCCC(NC(=O)CNC(=O)C(Cc1ccccc1)NC=O)C(=O)N1CCC(N)(C(=O)O)CC1. The molecule has 1 aliphatic rings. The second-order valence-electron chi connectivity index (χ2n) is 14.0. The van der Waals surface area contributed by atoms with Crippen LogP contribution in [-0.2, 0) is 30.4 Å². The fourth-order valence-electron chi connectivity index (χ4n) is 5.55. The van der Waals surface area contributed by atoms with E-state index in [9.17, 15) is 29.1 Å². The van der Waals surface area contributed by atoms with Gasteiger partial charge in [-0.15, -0.1) is 0 Å². The smallest absolute Gasteiger partial charge is 0.323 e. The summed E-state index contributed by atoms with van der Waals surface area (Å²) >= 11 is 0. The summed E-state index contributed by atoms with van der Waals surface area (Å²) in [5.41, 5.74) is 12.4. The van der Waals surface area contributed by atoms with E-state index in [0.717, 1.165) is 24.6 Å². The number of hydrogen-bond donors (Lipinski definition) is 7. The number of nitrogens with zero attached hydrogens (tertiary/aromatic N) is 1. The first-order chi connectivity index (χ1) is 25.3. The lowest BCUT2D eigenvalue weighted by molar-refractivity contribution is -0.148. The van der Waals surface area contributed by atoms with Crippen molar-refractivity contribution in [1.29, 1.82) is 0 Å². The minimum absolute atomic E-state index is 0.111. The van der Waals surface area contributed by atoms with E-state index in [2.05, 4.69) is 86.2 Å². The van der Waals surface area contributed by atoms with Crippen molar-refractivity contribution in [2.75, 3.05) is 39.3 Å². The van der Waals surface area contributed by atoms with Crippen LogP contribution in [0.5, 0.6) is 0 Å². The molecule has 1 saturated heterocycles. The first-order valence-corrected chi connectivity index (χ1v) is 18.9. The molecule has 53 heavy (non-hydrogen) atoms. The van der Waals surface area contributed by atoms with Gasteiger partial charge in [-0.05, 0) is 74.6 Å². The number of hydrogen-bond acceptors (Lipinski definition) is 8. The summed E-state index contributed by atoms with van der Waals surface area (Å²) in [6, 6.07) is 18.1. The second-order valence-corrected chi connectivity index (χ2v) is 14.0. The van der Waals surface area contributed by atoms with Crippen molar-refractivity contribution >= 4 is 30.1 Å². The molecule has 0 aliphatic carbocycles. The van der Waals surface area contributed by atoms with E-state index < -0.39 is 35.4 Å². The van der Waals surface area contributed by atoms with Crippen LogP contribution in [0.15, 0.2) is 60.7 Å². The number of benzene rings is 2. The van der Waals surface area contributed by atoms with Crippen LogP contribution < -0.4 is 32.7 Å². The predicted octanol–water partition coefficient (Wildman–Crippen LogP) is 2.93. The fraction of sp³-hybridized carbons (Fsp3) is 0.575. The molecule has 13 nitrogen and oxygen atoms in total. The molecule has 0 spiro atoms. The number of nitrogens with one attached hydrogen (secondary N) is 4. The van der Waals surface area contributed by atoms with Gasteiger partial charge >= 0.3 is 5.97 Å². The Morgan fingerprint density at radius 2 is 1.51 bits per heavy atom. The summed E-state index contributed by atoms with van der Waals surface area (Å²) in [4.78, 5) is 62.1. The average Bonchev–Trinajstić information content (AvgIpc) is 3.14. The number of carboxylic acid groups (broad SMARTS) is 1. The van der Waals surface area contributed by atoms with E-state index in [1.807, 2.05) is 30.3 Å². The molecule has 296 valence electrons. The summed E-state index contributed by atoms with van der Waals surface area (Å²) in [5, 5.41) is 20.3. The Morgan fingerprint density at radius 3 is 2.02 bits per heavy atom. The van der Waals surface area contributed by atoms with Crippen LogP contribution in [0.4, 0.5) is 0 Å². The molecule has 1 fully saturated rings. The number of piperidine rings is 1. The Morgan fingerprint density at radius 1 is 0.925 bits per heavy atom. The molecule has 0 saturated carbocycles. The second kappa shape index (κ2) is 26.4. The van der Waals surface area contributed by atoms with Gasteiger partial charge in [0.25, 0.3) is 0 Å². The van der Waals surface area contributed by atoms with Gasteiger partial charge in [0.05, 0.1) is 6.54 Å². The number of carbonyl (C=O) groups is 5. The monoisotopic (exact) mass is 739 g/mol. The lowest BCUT2D eigenvalue weighted by atomic mass is 9.88. The van der Waals surface area contributed by atoms with Crippen molar-refractivity contribution in [3.63, 3.8) is 0 Å². The molecule has 3 atom stereocenters. The maximum atomic E-state index is 13.1. The third-order valence-electron chi connectivity index (χ3n) is 8.67. The number of likely N-dealkylation sites (N-methyl/N-ethyl adjacent to an activating group) is 1. The van der Waals surface area contributed by atoms with Crippen LogP contribution in [0.1, 0.15) is 90.2 Å². The lowest BCUT2D eigenvalue weighted by Crippen LogP contribution is -2.59. The van der Waals surface area contributed by atoms with Crippen molar-refractivity contribution in [3.8, 4) is 0 Å². The highest BCUT2D eigenvalue weighted by Gasteiger charge is 2.40. The molecule has 3 unspecified atom stereocenters. The zero-order chi connectivity index (χ0) is 39.6. The van der Waals surface area contributed by atoms with Gasteiger partial charge < -0.3 is 42.7 Å². The molecule has 0 radical (unpaired) electrons. The highest BCUT2D eigenvalue weighted by molar-refractivity contribution is 5.91. The van der Waals surface area contributed by atoms with E-state index in [0.29, 0.717) is 38.1 Å². The summed E-state index contributed by atoms with van der Waals surface area (Å²) in [6.07, 6.45) is 3.73. The summed E-state index contributed by atoms with van der Waals surface area (Å²) < 4.78 is 0. The molecule has 13 heteroatoms. The molecular weight excluding hydrogens is 674 g/mol. The van der Waals surface area contributed by atoms with E-state index in [4.69, 9.17) is 11.5 Å². The van der Waals surface area contributed by atoms with Crippen molar-refractivity contribution < 1.29 is 29.1 Å². The summed E-state index contributed by atoms with van der Waals surface area (Å²) in [5.74, 6) is -1.02. The third-order valence-corrected chi connectivity index (χ3v) is 8.67. The maximum Gasteiger partial charge on any atom is 0.323 e. The van der Waals surface area contributed by atoms with Gasteiger partial charge in [0.1, 0.15) is 17.6 Å². The van der Waals surface area contributed by atoms with Gasteiger partial charge in [-0.3, -0.25) is 24.0 Å². The summed E-state index contributed by atoms with van der Waals surface area (Å²) in [6.45, 7) is 13.4. The minimum Gasteiger partial charge on any atom is -0.480 e. The van der Waals surface area contributed by atoms with Gasteiger partial charge in [-0.1, -0.05) is 95.3 Å². The van der Waals surface area contributed by atoms with E-state index in [1.165, 1.54) is 16.9 Å². The van der Waals surface area contributed by atoms with Gasteiger partial charge in [0, 0.05) is 26.1 Å². The minimum atomic E-state index is -1.37. The zero-order valence-electron chi connectivity index (χ0n) is 32.4. The van der Waals surface area contributed by atoms with Gasteiger partial charge in [0.15, 0.2) is 0 Å². The van der Waals surface area contributed by atoms with Gasteiger partial charge in [-0.25, -0.2) is 0 Å². The Hall–Kier alpha value is -4.33. The van der Waals surface area contributed by atoms with Crippen LogP contribution in [0, 0.1) is 5.92 Å². The highest BCUT2D eigenvalue weighted by Crippen LogP contribution is 2.21. The Bertz CT molecular complexity index is 1330. The average molecular weight is 740 g/mol. The molecule has 1 heterocycles. The molecule has 3 rings (SSSR count). The largest absolute Gasteiger partial charge is 0.480 e. The number of amides is 4. The molecule has 1 aliphatic heterocycles. The topological polar surface area (TPSA) is 209 Å². The molecule has 0 aromatic heterocycles. The number of aliphatic carboxylic acids is 1. The number of unbranched alkanes of at least 4 members (excludes halogenated alkanes) is 1. The molecule has 4 amide bonds. The van der Waals surface area contributed by atoms with Crippen molar-refractivity contribution in [2.45, 2.75) is 103 Å². The number of likely N-dealkylation sites (tertiary alicyclic amines) is 1. The Balaban J connectivity index is 0.000000679. The van der Waals surface area contributed by atoms with Gasteiger partial charge in [0.2, 0.25) is 24.1 Å². The van der Waals surface area contributed by atoms with Crippen molar-refractivity contribution in [3.05, 3.63) is 71.8 Å². The lowest BCUT2D eigenvalue weighted by Gasteiger charge is -2.37. The standard InChI is InChI=1S/C24H36N6O6.C12H19N.C4H10/c25-11-5-4-8-18(22(34)30-12-9-24(26,10-13-30)23(35)36)29-20(32)15-27-21(33)19(28-16-31)14-17-6-2-1-3-7-17;1-3-11(10-13-4-2)12-8-6-5-7-9-12;1-4(2)3/h1-3,6-7,16,18-19H,4-5,8-15,25-26H2,(H,27,33)(H,28,31)(H,29,32)(H,35,36);5-9,11,13H,3-4,10H2,1-2H3;4H,1-3H3. The first-order valence-electron chi connectivity index (χ1n) is 18.9.